The number of ether oxygens (including phenoxy) is 3. The number of aliphatic hydroxyl groups excluding tert-OH is 1. The molecule has 0 aliphatic carbocycles. The zero-order chi connectivity index (χ0) is 19.3. The Bertz CT molecular complexity index is 643. The summed E-state index contributed by atoms with van der Waals surface area (Å²) in [6, 6.07) is 8.39. The van der Waals surface area contributed by atoms with Crippen LogP contribution in [0.5, 0.6) is 0 Å². The fourth-order valence-corrected chi connectivity index (χ4v) is 2.87. The van der Waals surface area contributed by atoms with Gasteiger partial charge in [-0.25, -0.2) is 4.79 Å². The van der Waals surface area contributed by atoms with Crippen LogP contribution in [0.2, 0.25) is 0 Å². The van der Waals surface area contributed by atoms with E-state index in [1.807, 2.05) is 0 Å². The molecule has 2 rings (SSSR count). The van der Waals surface area contributed by atoms with Crippen LogP contribution in [-0.2, 0) is 23.8 Å². The molecule has 1 N–H and O–H groups in total. The van der Waals surface area contributed by atoms with E-state index in [2.05, 4.69) is 0 Å². The zero-order valence-corrected chi connectivity index (χ0v) is 15.1. The standard InChI is InChI=1S/C19H24O7/c1-11(20)9-10-15(21)25-16-12(2)17(19(23)24-13(16)3)26-18(22)14-7-5-4-6-8-14/h4-8,12-13,16-17,19,23H,9-10H2,1-3H3/t12?,13?,16-,17-,19+/m0/s1. The average molecular weight is 364 g/mol. The van der Waals surface area contributed by atoms with Crippen LogP contribution in [0.3, 0.4) is 0 Å². The number of benzene rings is 1. The normalized spacial score (nSPS) is 28.2. The van der Waals surface area contributed by atoms with Gasteiger partial charge in [0.05, 0.1) is 18.1 Å². The lowest BCUT2D eigenvalue weighted by Gasteiger charge is -2.41. The summed E-state index contributed by atoms with van der Waals surface area (Å²) in [5.74, 6) is -1.71. The molecule has 5 atom stereocenters. The van der Waals surface area contributed by atoms with Gasteiger partial charge in [0.1, 0.15) is 11.9 Å². The van der Waals surface area contributed by atoms with Crippen molar-refractivity contribution in [2.75, 3.05) is 0 Å². The van der Waals surface area contributed by atoms with Crippen LogP contribution in [0, 0.1) is 5.92 Å². The Hall–Kier alpha value is -2.25. The van der Waals surface area contributed by atoms with Gasteiger partial charge in [0, 0.05) is 12.3 Å². The van der Waals surface area contributed by atoms with Gasteiger partial charge in [-0.15, -0.1) is 0 Å². The molecule has 1 aromatic rings. The molecule has 0 aromatic heterocycles. The predicted molar refractivity (Wildman–Crippen MR) is 91.2 cm³/mol. The molecule has 142 valence electrons. The fraction of sp³-hybridized carbons (Fsp3) is 0.526. The minimum absolute atomic E-state index is 0.0255. The monoisotopic (exact) mass is 364 g/mol. The van der Waals surface area contributed by atoms with Crippen molar-refractivity contribution in [3.05, 3.63) is 35.9 Å². The van der Waals surface area contributed by atoms with E-state index in [-0.39, 0.29) is 18.6 Å². The molecule has 1 aromatic carbocycles. The van der Waals surface area contributed by atoms with Gasteiger partial charge in [-0.2, -0.15) is 0 Å². The van der Waals surface area contributed by atoms with Crippen LogP contribution in [0.25, 0.3) is 0 Å². The average Bonchev–Trinajstić information content (AvgIpc) is 2.61. The maximum absolute atomic E-state index is 12.3. The molecule has 1 heterocycles. The van der Waals surface area contributed by atoms with Crippen LogP contribution >= 0.6 is 0 Å². The Morgan fingerprint density at radius 2 is 1.69 bits per heavy atom. The highest BCUT2D eigenvalue weighted by atomic mass is 16.7. The minimum atomic E-state index is -1.32. The fourth-order valence-electron chi connectivity index (χ4n) is 2.87. The van der Waals surface area contributed by atoms with Gasteiger partial charge in [-0.05, 0) is 26.0 Å². The number of ketones is 1. The Labute approximate surface area is 152 Å². The van der Waals surface area contributed by atoms with E-state index >= 15 is 0 Å². The largest absolute Gasteiger partial charge is 0.459 e. The van der Waals surface area contributed by atoms with Crippen molar-refractivity contribution in [2.24, 2.45) is 5.92 Å². The number of Topliss-reactive ketones (excluding diaryl/α,β-unsaturated/α-hetero) is 1. The Morgan fingerprint density at radius 1 is 1.04 bits per heavy atom. The number of carbonyl (C=O) groups excluding carboxylic acids is 3. The molecule has 1 saturated heterocycles. The second kappa shape index (κ2) is 8.91. The van der Waals surface area contributed by atoms with E-state index in [0.717, 1.165) is 0 Å². The summed E-state index contributed by atoms with van der Waals surface area (Å²) in [6.07, 6.45) is -3.50. The van der Waals surface area contributed by atoms with Gasteiger partial charge < -0.3 is 24.1 Å². The molecule has 1 aliphatic heterocycles. The molecule has 0 amide bonds. The number of aliphatic hydroxyl groups is 1. The van der Waals surface area contributed by atoms with Gasteiger partial charge in [0.15, 0.2) is 12.4 Å². The van der Waals surface area contributed by atoms with E-state index in [1.54, 1.807) is 44.2 Å². The molecule has 26 heavy (non-hydrogen) atoms. The van der Waals surface area contributed by atoms with Crippen molar-refractivity contribution < 1.29 is 33.7 Å². The molecule has 2 unspecified atom stereocenters. The van der Waals surface area contributed by atoms with Crippen molar-refractivity contribution >= 4 is 17.7 Å². The van der Waals surface area contributed by atoms with E-state index in [9.17, 15) is 19.5 Å². The van der Waals surface area contributed by atoms with Crippen molar-refractivity contribution in [2.45, 2.75) is 58.2 Å². The first-order chi connectivity index (χ1) is 12.3. The highest BCUT2D eigenvalue weighted by molar-refractivity contribution is 5.89. The molecular weight excluding hydrogens is 340 g/mol. The molecule has 0 bridgehead atoms. The molecule has 0 radical (unpaired) electrons. The lowest BCUT2D eigenvalue weighted by molar-refractivity contribution is -0.265. The van der Waals surface area contributed by atoms with Gasteiger partial charge >= 0.3 is 11.9 Å². The maximum Gasteiger partial charge on any atom is 0.338 e. The first-order valence-electron chi connectivity index (χ1n) is 8.58. The van der Waals surface area contributed by atoms with Crippen LogP contribution in [0.15, 0.2) is 30.3 Å². The van der Waals surface area contributed by atoms with Gasteiger partial charge in [-0.1, -0.05) is 25.1 Å². The highest BCUT2D eigenvalue weighted by Gasteiger charge is 2.45. The summed E-state index contributed by atoms with van der Waals surface area (Å²) in [5, 5.41) is 10.1. The Morgan fingerprint density at radius 3 is 2.31 bits per heavy atom. The molecule has 7 nitrogen and oxygen atoms in total. The maximum atomic E-state index is 12.3. The SMILES string of the molecule is CC(=O)CCC(=O)O[C@@H]1C(C)O[C@@H](O)[C@@H](OC(=O)c2ccccc2)C1C. The van der Waals surface area contributed by atoms with Crippen LogP contribution in [0.1, 0.15) is 44.0 Å². The lowest BCUT2D eigenvalue weighted by Crippen LogP contribution is -2.55. The summed E-state index contributed by atoms with van der Waals surface area (Å²) in [5.41, 5.74) is 0.348. The Kier molecular flexibility index (Phi) is 6.88. The van der Waals surface area contributed by atoms with E-state index < -0.39 is 42.5 Å². The van der Waals surface area contributed by atoms with Gasteiger partial charge in [0.2, 0.25) is 0 Å². The number of esters is 2. The quantitative estimate of drug-likeness (QED) is 0.769. The summed E-state index contributed by atoms with van der Waals surface area (Å²) in [4.78, 5) is 35.2. The van der Waals surface area contributed by atoms with Gasteiger partial charge in [0.25, 0.3) is 0 Å². The van der Waals surface area contributed by atoms with Gasteiger partial charge in [-0.3, -0.25) is 4.79 Å². The van der Waals surface area contributed by atoms with E-state index in [1.165, 1.54) is 6.92 Å². The molecule has 7 heteroatoms. The van der Waals surface area contributed by atoms with Crippen LogP contribution < -0.4 is 0 Å². The van der Waals surface area contributed by atoms with Crippen molar-refractivity contribution in [1.29, 1.82) is 0 Å². The summed E-state index contributed by atoms with van der Waals surface area (Å²) in [7, 11) is 0. The number of hydrogen-bond acceptors (Lipinski definition) is 7. The highest BCUT2D eigenvalue weighted by Crippen LogP contribution is 2.30. The van der Waals surface area contributed by atoms with Crippen molar-refractivity contribution in [3.8, 4) is 0 Å². The topological polar surface area (TPSA) is 99.1 Å². The number of rotatable bonds is 6. The van der Waals surface area contributed by atoms with E-state index in [0.29, 0.717) is 5.56 Å². The first kappa shape index (κ1) is 20.1. The smallest absolute Gasteiger partial charge is 0.338 e. The Balaban J connectivity index is 2.04. The second-order valence-corrected chi connectivity index (χ2v) is 6.48. The summed E-state index contributed by atoms with van der Waals surface area (Å²) >= 11 is 0. The summed E-state index contributed by atoms with van der Waals surface area (Å²) in [6.45, 7) is 4.78. The second-order valence-electron chi connectivity index (χ2n) is 6.48. The molecule has 0 saturated carbocycles. The van der Waals surface area contributed by atoms with Crippen LogP contribution in [0.4, 0.5) is 0 Å². The zero-order valence-electron chi connectivity index (χ0n) is 15.1. The molecule has 0 spiro atoms. The minimum Gasteiger partial charge on any atom is -0.459 e. The third kappa shape index (κ3) is 5.12. The van der Waals surface area contributed by atoms with E-state index in [4.69, 9.17) is 14.2 Å². The lowest BCUT2D eigenvalue weighted by atomic mass is 9.91. The van der Waals surface area contributed by atoms with Crippen LogP contribution in [-0.4, -0.2) is 47.4 Å². The predicted octanol–water partition coefficient (Wildman–Crippen LogP) is 1.87. The van der Waals surface area contributed by atoms with Crippen molar-refractivity contribution in [1.82, 2.24) is 0 Å². The number of hydrogen-bond donors (Lipinski definition) is 1. The van der Waals surface area contributed by atoms with Crippen molar-refractivity contribution in [3.63, 3.8) is 0 Å². The third-order valence-corrected chi connectivity index (χ3v) is 4.34. The number of carbonyl (C=O) groups is 3. The molecule has 1 fully saturated rings. The summed E-state index contributed by atoms with van der Waals surface area (Å²) < 4.78 is 16.2. The molecule has 1 aliphatic rings. The first-order valence-corrected chi connectivity index (χ1v) is 8.58. The third-order valence-electron chi connectivity index (χ3n) is 4.34. The molecular formula is C19H24O7.